The molecule has 6 nitrogen and oxygen atoms in total. The van der Waals surface area contributed by atoms with Crippen molar-refractivity contribution in [2.45, 2.75) is 0 Å². The van der Waals surface area contributed by atoms with Crippen molar-refractivity contribution in [2.24, 2.45) is 0 Å². The molecule has 0 saturated carbocycles. The number of nitro benzene ring substituents is 1. The summed E-state index contributed by atoms with van der Waals surface area (Å²) in [6, 6.07) is 7.75. The first-order chi connectivity index (χ1) is 9.54. The van der Waals surface area contributed by atoms with Crippen LogP contribution in [0.25, 0.3) is 22.6 Å². The van der Waals surface area contributed by atoms with Gasteiger partial charge in [0.25, 0.3) is 0 Å². The summed E-state index contributed by atoms with van der Waals surface area (Å²) in [6.45, 7) is 0. The van der Waals surface area contributed by atoms with Gasteiger partial charge in [-0.1, -0.05) is 0 Å². The van der Waals surface area contributed by atoms with Crippen molar-refractivity contribution >= 4 is 16.8 Å². The summed E-state index contributed by atoms with van der Waals surface area (Å²) < 4.78 is 18.7. The van der Waals surface area contributed by atoms with Crippen LogP contribution in [0.2, 0.25) is 0 Å². The number of hydrogen-bond acceptors (Lipinski definition) is 5. The van der Waals surface area contributed by atoms with Gasteiger partial charge in [0.2, 0.25) is 11.7 Å². The van der Waals surface area contributed by atoms with Crippen LogP contribution in [-0.4, -0.2) is 15.0 Å². The summed E-state index contributed by atoms with van der Waals surface area (Å²) in [5, 5.41) is 20.0. The number of phenols is 1. The summed E-state index contributed by atoms with van der Waals surface area (Å²) in [5.74, 6) is -0.774. The van der Waals surface area contributed by atoms with Crippen molar-refractivity contribution in [3.8, 4) is 17.2 Å². The first kappa shape index (κ1) is 12.1. The van der Waals surface area contributed by atoms with Gasteiger partial charge in [-0.3, -0.25) is 10.1 Å². The molecule has 2 aromatic carbocycles. The average Bonchev–Trinajstić information content (AvgIpc) is 2.81. The predicted molar refractivity (Wildman–Crippen MR) is 67.7 cm³/mol. The zero-order valence-electron chi connectivity index (χ0n) is 9.91. The summed E-state index contributed by atoms with van der Waals surface area (Å²) >= 11 is 0. The summed E-state index contributed by atoms with van der Waals surface area (Å²) in [4.78, 5) is 14.0. The topological polar surface area (TPSA) is 89.4 Å². The number of aromatic hydroxyl groups is 1. The number of halogens is 1. The number of fused-ring (bicyclic) bond motifs is 1. The zero-order chi connectivity index (χ0) is 14.3. The van der Waals surface area contributed by atoms with Crippen molar-refractivity contribution in [1.82, 2.24) is 4.98 Å². The highest BCUT2D eigenvalue weighted by Crippen LogP contribution is 2.29. The van der Waals surface area contributed by atoms with E-state index < -0.39 is 16.4 Å². The second-order valence-corrected chi connectivity index (χ2v) is 4.09. The highest BCUT2D eigenvalue weighted by atomic mass is 19.1. The number of oxazole rings is 1. The molecular formula is C13H7FN2O4. The average molecular weight is 274 g/mol. The van der Waals surface area contributed by atoms with Gasteiger partial charge in [0.1, 0.15) is 11.3 Å². The Kier molecular flexibility index (Phi) is 2.60. The fraction of sp³-hybridized carbons (Fsp3) is 0. The zero-order valence-corrected chi connectivity index (χ0v) is 9.91. The molecular weight excluding hydrogens is 267 g/mol. The quantitative estimate of drug-likeness (QED) is 0.572. The molecule has 0 amide bonds. The second kappa shape index (κ2) is 4.30. The lowest BCUT2D eigenvalue weighted by Gasteiger charge is -1.97. The molecule has 0 bridgehead atoms. The van der Waals surface area contributed by atoms with E-state index in [0.29, 0.717) is 11.1 Å². The summed E-state index contributed by atoms with van der Waals surface area (Å²) in [7, 11) is 0. The maximum absolute atomic E-state index is 13.3. The number of aromatic nitrogens is 1. The maximum Gasteiger partial charge on any atom is 0.305 e. The van der Waals surface area contributed by atoms with Gasteiger partial charge in [-0.05, 0) is 24.3 Å². The van der Waals surface area contributed by atoms with Gasteiger partial charge >= 0.3 is 5.69 Å². The summed E-state index contributed by atoms with van der Waals surface area (Å²) in [6.07, 6.45) is 0. The molecule has 0 atom stereocenters. The Morgan fingerprint density at radius 1 is 1.25 bits per heavy atom. The molecule has 0 unspecified atom stereocenters. The Morgan fingerprint density at radius 3 is 2.80 bits per heavy atom. The van der Waals surface area contributed by atoms with Crippen LogP contribution in [0.3, 0.4) is 0 Å². The van der Waals surface area contributed by atoms with Gasteiger partial charge in [-0.15, -0.1) is 0 Å². The van der Waals surface area contributed by atoms with Crippen LogP contribution in [0.4, 0.5) is 10.1 Å². The predicted octanol–water partition coefficient (Wildman–Crippen LogP) is 3.25. The largest absolute Gasteiger partial charge is 0.508 e. The molecule has 100 valence electrons. The SMILES string of the molecule is O=[N+]([O-])c1cc(-c2nc3cc(O)ccc3o2)ccc1F. The minimum absolute atomic E-state index is 0.0300. The molecule has 0 spiro atoms. The van der Waals surface area contributed by atoms with Crippen LogP contribution in [0.5, 0.6) is 5.75 Å². The Bertz CT molecular complexity index is 828. The van der Waals surface area contributed by atoms with E-state index in [9.17, 15) is 19.6 Å². The number of phenolic OH excluding ortho intramolecular Hbond substituents is 1. The Morgan fingerprint density at radius 2 is 2.05 bits per heavy atom. The number of nitro groups is 1. The smallest absolute Gasteiger partial charge is 0.305 e. The molecule has 3 rings (SSSR count). The molecule has 0 aliphatic carbocycles. The molecule has 1 heterocycles. The maximum atomic E-state index is 13.3. The molecule has 1 N–H and O–H groups in total. The lowest BCUT2D eigenvalue weighted by atomic mass is 10.2. The van der Waals surface area contributed by atoms with E-state index in [1.807, 2.05) is 0 Å². The Hall–Kier alpha value is -2.96. The third kappa shape index (κ3) is 1.95. The normalized spacial score (nSPS) is 10.8. The number of rotatable bonds is 2. The van der Waals surface area contributed by atoms with Crippen LogP contribution in [0, 0.1) is 15.9 Å². The Labute approximate surface area is 111 Å². The molecule has 0 aliphatic rings. The van der Waals surface area contributed by atoms with E-state index in [1.165, 1.54) is 24.3 Å². The molecule has 0 fully saturated rings. The van der Waals surface area contributed by atoms with E-state index in [1.54, 1.807) is 0 Å². The first-order valence-electron chi connectivity index (χ1n) is 5.58. The molecule has 0 aliphatic heterocycles. The van der Waals surface area contributed by atoms with Crippen molar-refractivity contribution < 1.29 is 18.8 Å². The lowest BCUT2D eigenvalue weighted by Crippen LogP contribution is -1.92. The van der Waals surface area contributed by atoms with Gasteiger partial charge in [-0.25, -0.2) is 4.98 Å². The third-order valence-corrected chi connectivity index (χ3v) is 2.76. The monoisotopic (exact) mass is 274 g/mol. The van der Waals surface area contributed by atoms with E-state index in [2.05, 4.69) is 4.98 Å². The van der Waals surface area contributed by atoms with Gasteiger partial charge < -0.3 is 9.52 Å². The van der Waals surface area contributed by atoms with Crippen LogP contribution in [-0.2, 0) is 0 Å². The van der Waals surface area contributed by atoms with Gasteiger partial charge in [0, 0.05) is 17.7 Å². The standard InChI is InChI=1S/C13H7FN2O4/c14-9-3-1-7(5-11(9)16(18)19)13-15-10-6-8(17)2-4-12(10)20-13/h1-6,17H. The van der Waals surface area contributed by atoms with Crippen LogP contribution in [0.1, 0.15) is 0 Å². The number of benzene rings is 2. The molecule has 7 heteroatoms. The van der Waals surface area contributed by atoms with E-state index >= 15 is 0 Å². The lowest BCUT2D eigenvalue weighted by molar-refractivity contribution is -0.387. The van der Waals surface area contributed by atoms with Crippen LogP contribution < -0.4 is 0 Å². The van der Waals surface area contributed by atoms with Gasteiger partial charge in [-0.2, -0.15) is 4.39 Å². The number of hydrogen-bond donors (Lipinski definition) is 1. The van der Waals surface area contributed by atoms with Crippen molar-refractivity contribution in [3.05, 3.63) is 52.3 Å². The Balaban J connectivity index is 2.15. The third-order valence-electron chi connectivity index (χ3n) is 2.76. The van der Waals surface area contributed by atoms with Gasteiger partial charge in [0.15, 0.2) is 5.58 Å². The second-order valence-electron chi connectivity index (χ2n) is 4.09. The minimum Gasteiger partial charge on any atom is -0.508 e. The first-order valence-corrected chi connectivity index (χ1v) is 5.58. The molecule has 1 aromatic heterocycles. The van der Waals surface area contributed by atoms with Crippen LogP contribution in [0.15, 0.2) is 40.8 Å². The van der Waals surface area contributed by atoms with Crippen molar-refractivity contribution in [1.29, 1.82) is 0 Å². The summed E-state index contributed by atoms with van der Waals surface area (Å²) in [5.41, 5.74) is 0.471. The molecule has 3 aromatic rings. The van der Waals surface area contributed by atoms with Gasteiger partial charge in [0.05, 0.1) is 4.92 Å². The minimum atomic E-state index is -0.924. The number of nitrogens with zero attached hydrogens (tertiary/aromatic N) is 2. The van der Waals surface area contributed by atoms with E-state index in [0.717, 1.165) is 12.1 Å². The van der Waals surface area contributed by atoms with Crippen molar-refractivity contribution in [2.75, 3.05) is 0 Å². The van der Waals surface area contributed by atoms with E-state index in [-0.39, 0.29) is 17.2 Å². The fourth-order valence-corrected chi connectivity index (χ4v) is 1.82. The highest BCUT2D eigenvalue weighted by Gasteiger charge is 2.17. The molecule has 0 saturated heterocycles. The highest BCUT2D eigenvalue weighted by molar-refractivity contribution is 5.77. The molecule has 20 heavy (non-hydrogen) atoms. The van der Waals surface area contributed by atoms with E-state index in [4.69, 9.17) is 4.42 Å². The van der Waals surface area contributed by atoms with Crippen LogP contribution >= 0.6 is 0 Å². The molecule has 0 radical (unpaired) electrons. The van der Waals surface area contributed by atoms with Crippen molar-refractivity contribution in [3.63, 3.8) is 0 Å². The fourth-order valence-electron chi connectivity index (χ4n) is 1.82.